The monoisotopic (exact) mass is 177 g/mol. The van der Waals surface area contributed by atoms with E-state index in [1.165, 1.54) is 0 Å². The molecular formula is C11H15NO. The van der Waals surface area contributed by atoms with Crippen LogP contribution in [-0.4, -0.2) is 24.3 Å². The van der Waals surface area contributed by atoms with Crippen molar-refractivity contribution in [3.63, 3.8) is 0 Å². The number of carbonyl (C=O) groups excluding carboxylic acids is 1. The highest BCUT2D eigenvalue weighted by Gasteiger charge is 2.03. The topological polar surface area (TPSA) is 20.3 Å². The molecule has 1 atom stereocenters. The molecule has 0 saturated heterocycles. The third-order valence-electron chi connectivity index (χ3n) is 2.15. The number of hydrogen-bond donors (Lipinski definition) is 0. The summed E-state index contributed by atoms with van der Waals surface area (Å²) in [6.45, 7) is 2.09. The summed E-state index contributed by atoms with van der Waals surface area (Å²) in [5.41, 5.74) is 0.814. The number of likely N-dealkylation sites (N-methyl/N-ethyl adjacent to an activating group) is 1. The molecule has 0 aromatic carbocycles. The van der Waals surface area contributed by atoms with Crippen molar-refractivity contribution in [1.29, 1.82) is 0 Å². The number of carbonyl (C=O) groups is 1. The van der Waals surface area contributed by atoms with Crippen LogP contribution in [0.1, 0.15) is 13.3 Å². The molecule has 1 aliphatic heterocycles. The van der Waals surface area contributed by atoms with Crippen molar-refractivity contribution in [3.05, 3.63) is 36.1 Å². The van der Waals surface area contributed by atoms with E-state index in [-0.39, 0.29) is 0 Å². The molecule has 0 aromatic heterocycles. The highest BCUT2D eigenvalue weighted by atomic mass is 16.1. The lowest BCUT2D eigenvalue weighted by atomic mass is 10.2. The highest BCUT2D eigenvalue weighted by Crippen LogP contribution is 2.07. The summed E-state index contributed by atoms with van der Waals surface area (Å²) >= 11 is 0. The number of aldehydes is 1. The van der Waals surface area contributed by atoms with Crippen LogP contribution in [0.2, 0.25) is 0 Å². The van der Waals surface area contributed by atoms with Crippen LogP contribution in [0.5, 0.6) is 0 Å². The van der Waals surface area contributed by atoms with E-state index in [4.69, 9.17) is 0 Å². The summed E-state index contributed by atoms with van der Waals surface area (Å²) in [5, 5.41) is 0. The normalized spacial score (nSPS) is 32.0. The van der Waals surface area contributed by atoms with E-state index >= 15 is 0 Å². The molecule has 70 valence electrons. The fourth-order valence-electron chi connectivity index (χ4n) is 1.15. The molecule has 2 heteroatoms. The predicted molar refractivity (Wildman–Crippen MR) is 54.3 cm³/mol. The molecule has 1 rings (SSSR count). The molecule has 0 aliphatic carbocycles. The first-order chi connectivity index (χ1) is 6.24. The highest BCUT2D eigenvalue weighted by molar-refractivity contribution is 5.73. The van der Waals surface area contributed by atoms with Crippen LogP contribution in [0.15, 0.2) is 36.1 Å². The average Bonchev–Trinajstić information content (AvgIpc) is 2.20. The zero-order chi connectivity index (χ0) is 9.68. The molecule has 1 aliphatic rings. The molecule has 0 N–H and O–H groups in total. The minimum Gasteiger partial charge on any atom is -0.374 e. The zero-order valence-electron chi connectivity index (χ0n) is 8.10. The fraction of sp³-hybridized carbons (Fsp3) is 0.364. The number of hydrogen-bond acceptors (Lipinski definition) is 2. The Balaban J connectivity index is 2.85. The van der Waals surface area contributed by atoms with Gasteiger partial charge in [0.25, 0.3) is 0 Å². The van der Waals surface area contributed by atoms with Gasteiger partial charge in [0.15, 0.2) is 0 Å². The zero-order valence-corrected chi connectivity index (χ0v) is 8.10. The van der Waals surface area contributed by atoms with Gasteiger partial charge in [-0.1, -0.05) is 24.3 Å². The molecule has 1 heterocycles. The molecule has 0 amide bonds. The maximum atomic E-state index is 10.6. The Labute approximate surface area is 79.2 Å². The minimum absolute atomic E-state index is 0.331. The standard InChI is InChI=1S/C11H15NO/c1-10-6-4-3-5-7-11(9-13)8-12(10)2/h3-6,8-10H,7H2,1-2H3/b5-3-,6-4-,11-8+. The van der Waals surface area contributed by atoms with Crippen molar-refractivity contribution < 1.29 is 4.79 Å². The molecular weight excluding hydrogens is 162 g/mol. The van der Waals surface area contributed by atoms with Crippen molar-refractivity contribution in [2.75, 3.05) is 7.05 Å². The quantitative estimate of drug-likeness (QED) is 0.570. The van der Waals surface area contributed by atoms with Gasteiger partial charge >= 0.3 is 0 Å². The Morgan fingerprint density at radius 2 is 2.31 bits per heavy atom. The number of rotatable bonds is 1. The van der Waals surface area contributed by atoms with E-state index in [1.54, 1.807) is 0 Å². The van der Waals surface area contributed by atoms with Crippen LogP contribution in [-0.2, 0) is 4.79 Å². The van der Waals surface area contributed by atoms with Gasteiger partial charge < -0.3 is 4.90 Å². The third-order valence-corrected chi connectivity index (χ3v) is 2.15. The molecule has 0 radical (unpaired) electrons. The van der Waals surface area contributed by atoms with Gasteiger partial charge in [-0.25, -0.2) is 0 Å². The van der Waals surface area contributed by atoms with Crippen LogP contribution in [0.25, 0.3) is 0 Å². The Morgan fingerprint density at radius 1 is 1.54 bits per heavy atom. The van der Waals surface area contributed by atoms with Crippen molar-refractivity contribution in [2.24, 2.45) is 0 Å². The summed E-state index contributed by atoms with van der Waals surface area (Å²) in [4.78, 5) is 12.7. The lowest BCUT2D eigenvalue weighted by Crippen LogP contribution is -2.21. The Hall–Kier alpha value is -1.31. The summed E-state index contributed by atoms with van der Waals surface area (Å²) in [6, 6.07) is 0.331. The first-order valence-corrected chi connectivity index (χ1v) is 4.45. The van der Waals surface area contributed by atoms with Crippen molar-refractivity contribution in [2.45, 2.75) is 19.4 Å². The predicted octanol–water partition coefficient (Wildman–Crippen LogP) is 1.91. The van der Waals surface area contributed by atoms with Crippen molar-refractivity contribution >= 4 is 6.29 Å². The van der Waals surface area contributed by atoms with Crippen molar-refractivity contribution in [1.82, 2.24) is 4.90 Å². The van der Waals surface area contributed by atoms with Crippen LogP contribution in [0, 0.1) is 0 Å². The van der Waals surface area contributed by atoms with Crippen LogP contribution in [0.4, 0.5) is 0 Å². The molecule has 1 unspecified atom stereocenters. The largest absolute Gasteiger partial charge is 0.374 e. The van der Waals surface area contributed by atoms with E-state index in [9.17, 15) is 4.79 Å². The maximum absolute atomic E-state index is 10.6. The Bertz CT molecular complexity index is 263. The molecule has 2 nitrogen and oxygen atoms in total. The lowest BCUT2D eigenvalue weighted by Gasteiger charge is -2.20. The van der Waals surface area contributed by atoms with Gasteiger partial charge in [-0.05, 0) is 13.3 Å². The first-order valence-electron chi connectivity index (χ1n) is 4.45. The molecule has 0 spiro atoms. The Kier molecular flexibility index (Phi) is 3.50. The summed E-state index contributed by atoms with van der Waals surface area (Å²) in [7, 11) is 1.98. The van der Waals surface area contributed by atoms with Gasteiger partial charge in [-0.15, -0.1) is 0 Å². The number of allylic oxidation sites excluding steroid dienone is 4. The second kappa shape index (κ2) is 4.65. The average molecular weight is 177 g/mol. The van der Waals surface area contributed by atoms with Crippen LogP contribution >= 0.6 is 0 Å². The molecule has 0 aromatic rings. The summed E-state index contributed by atoms with van der Waals surface area (Å²) in [5.74, 6) is 0. The third kappa shape index (κ3) is 2.90. The summed E-state index contributed by atoms with van der Waals surface area (Å²) in [6.07, 6.45) is 11.6. The second-order valence-electron chi connectivity index (χ2n) is 3.25. The van der Waals surface area contributed by atoms with E-state index in [0.717, 1.165) is 11.9 Å². The van der Waals surface area contributed by atoms with E-state index in [1.807, 2.05) is 36.4 Å². The molecule has 13 heavy (non-hydrogen) atoms. The van der Waals surface area contributed by atoms with Crippen LogP contribution < -0.4 is 0 Å². The first kappa shape index (κ1) is 9.78. The van der Waals surface area contributed by atoms with Gasteiger partial charge in [0.1, 0.15) is 6.29 Å². The fourth-order valence-corrected chi connectivity index (χ4v) is 1.15. The van der Waals surface area contributed by atoms with Crippen LogP contribution in [0.3, 0.4) is 0 Å². The number of nitrogens with zero attached hydrogens (tertiary/aromatic N) is 1. The minimum atomic E-state index is 0.331. The van der Waals surface area contributed by atoms with E-state index < -0.39 is 0 Å². The van der Waals surface area contributed by atoms with Gasteiger partial charge in [-0.3, -0.25) is 4.79 Å². The maximum Gasteiger partial charge on any atom is 0.147 e. The van der Waals surface area contributed by atoms with E-state index in [2.05, 4.69) is 13.0 Å². The lowest BCUT2D eigenvalue weighted by molar-refractivity contribution is -0.105. The van der Waals surface area contributed by atoms with Gasteiger partial charge in [0.05, 0.1) is 0 Å². The molecule has 0 bridgehead atoms. The van der Waals surface area contributed by atoms with Gasteiger partial charge in [-0.2, -0.15) is 0 Å². The van der Waals surface area contributed by atoms with Gasteiger partial charge in [0.2, 0.25) is 0 Å². The second-order valence-corrected chi connectivity index (χ2v) is 3.25. The Morgan fingerprint density at radius 3 is 3.00 bits per heavy atom. The molecule has 0 saturated carbocycles. The van der Waals surface area contributed by atoms with Gasteiger partial charge in [0, 0.05) is 24.9 Å². The summed E-state index contributed by atoms with van der Waals surface area (Å²) < 4.78 is 0. The SMILES string of the molecule is CC1/C=C\C=C/C/C(C=O)=C\N1C. The van der Waals surface area contributed by atoms with E-state index in [0.29, 0.717) is 12.5 Å². The smallest absolute Gasteiger partial charge is 0.147 e. The molecule has 0 fully saturated rings. The van der Waals surface area contributed by atoms with Crippen molar-refractivity contribution in [3.8, 4) is 0 Å².